The van der Waals surface area contributed by atoms with Crippen LogP contribution in [0.3, 0.4) is 0 Å². The van der Waals surface area contributed by atoms with E-state index in [1.54, 1.807) is 26.5 Å². The maximum Gasteiger partial charge on any atom is 0.251 e. The number of methoxy groups -OCH3 is 2. The minimum atomic E-state index is -0.103. The molecule has 3 aromatic rings. The Morgan fingerprint density at radius 1 is 1.11 bits per heavy atom. The van der Waals surface area contributed by atoms with Crippen molar-refractivity contribution >= 4 is 18.1 Å². The molecule has 0 radical (unpaired) electrons. The van der Waals surface area contributed by atoms with Crippen LogP contribution in [-0.4, -0.2) is 41.9 Å². The maximum absolute atomic E-state index is 12.3. The van der Waals surface area contributed by atoms with E-state index in [2.05, 4.69) is 15.4 Å². The third-order valence-corrected chi connectivity index (χ3v) is 4.99. The fourth-order valence-corrected chi connectivity index (χ4v) is 3.64. The van der Waals surface area contributed by atoms with E-state index in [1.165, 1.54) is 0 Å². The number of halogens is 1. The quantitative estimate of drug-likeness (QED) is 0.715. The first-order valence-corrected chi connectivity index (χ1v) is 8.75. The summed E-state index contributed by atoms with van der Waals surface area (Å²) < 4.78 is 12.6. The highest BCUT2D eigenvalue weighted by Crippen LogP contribution is 2.34. The monoisotopic (exact) mass is 390 g/mol. The zero-order valence-corrected chi connectivity index (χ0v) is 16.1. The van der Waals surface area contributed by atoms with E-state index in [0.717, 1.165) is 42.8 Å². The van der Waals surface area contributed by atoms with Gasteiger partial charge in [-0.1, -0.05) is 6.07 Å². The van der Waals surface area contributed by atoms with Crippen molar-refractivity contribution in [1.82, 2.24) is 19.9 Å². The molecule has 0 spiro atoms. The van der Waals surface area contributed by atoms with Gasteiger partial charge in [-0.2, -0.15) is 5.10 Å². The summed E-state index contributed by atoms with van der Waals surface area (Å²) in [6.07, 6.45) is 3.80. The van der Waals surface area contributed by atoms with Gasteiger partial charge in [0.15, 0.2) is 11.5 Å². The maximum atomic E-state index is 12.3. The standard InChI is InChI=1S/C19H22N4O3.ClH/c1-25-16-4-3-13(9-17(16)26-2)14-11-21-23-15(10-18(24)22-19(14)23)12-5-7-20-8-6-12;/h3-4,9-12,20H,5-8H2,1-2H3,(H,22,24);1H. The zero-order valence-electron chi connectivity index (χ0n) is 15.3. The number of nitrogens with zero attached hydrogens (tertiary/aromatic N) is 2. The lowest BCUT2D eigenvalue weighted by Crippen LogP contribution is -2.28. The molecule has 0 unspecified atom stereocenters. The van der Waals surface area contributed by atoms with Gasteiger partial charge in [0.1, 0.15) is 5.65 Å². The van der Waals surface area contributed by atoms with Gasteiger partial charge in [-0.15, -0.1) is 12.4 Å². The Kier molecular flexibility index (Phi) is 5.72. The summed E-state index contributed by atoms with van der Waals surface area (Å²) in [6, 6.07) is 7.36. The van der Waals surface area contributed by atoms with Crippen LogP contribution in [0.4, 0.5) is 0 Å². The van der Waals surface area contributed by atoms with Crippen LogP contribution in [0.5, 0.6) is 11.5 Å². The Morgan fingerprint density at radius 2 is 1.85 bits per heavy atom. The number of aromatic nitrogens is 3. The minimum absolute atomic E-state index is 0. The van der Waals surface area contributed by atoms with Gasteiger partial charge in [0.2, 0.25) is 0 Å². The third kappa shape index (κ3) is 3.52. The molecule has 1 aliphatic heterocycles. The van der Waals surface area contributed by atoms with Crippen LogP contribution in [0.2, 0.25) is 0 Å². The molecule has 8 heteroatoms. The molecule has 1 aromatic carbocycles. The summed E-state index contributed by atoms with van der Waals surface area (Å²) in [5, 5.41) is 7.92. The van der Waals surface area contributed by atoms with Gasteiger partial charge in [0, 0.05) is 17.5 Å². The van der Waals surface area contributed by atoms with Gasteiger partial charge in [-0.05, 0) is 43.6 Å². The first-order chi connectivity index (χ1) is 12.7. The van der Waals surface area contributed by atoms with E-state index >= 15 is 0 Å². The van der Waals surface area contributed by atoms with Crippen LogP contribution in [-0.2, 0) is 0 Å². The highest BCUT2D eigenvalue weighted by Gasteiger charge is 2.21. The van der Waals surface area contributed by atoms with Crippen molar-refractivity contribution in [3.8, 4) is 22.6 Å². The summed E-state index contributed by atoms with van der Waals surface area (Å²) >= 11 is 0. The van der Waals surface area contributed by atoms with Crippen LogP contribution in [0.15, 0.2) is 35.3 Å². The lowest BCUT2D eigenvalue weighted by molar-refractivity contribution is 0.355. The Hall–Kier alpha value is -2.51. The molecule has 3 heterocycles. The smallest absolute Gasteiger partial charge is 0.251 e. The average molecular weight is 391 g/mol. The SMILES string of the molecule is COc1ccc(-c2cnn3c(C4CCNCC4)cc(=O)[nH]c23)cc1OC.Cl. The predicted octanol–water partition coefficient (Wildman–Crippen LogP) is 2.60. The van der Waals surface area contributed by atoms with E-state index < -0.39 is 0 Å². The van der Waals surface area contributed by atoms with Crippen molar-refractivity contribution in [3.63, 3.8) is 0 Å². The van der Waals surface area contributed by atoms with E-state index in [0.29, 0.717) is 23.1 Å². The van der Waals surface area contributed by atoms with Crippen LogP contribution in [0.1, 0.15) is 24.5 Å². The predicted molar refractivity (Wildman–Crippen MR) is 106 cm³/mol. The van der Waals surface area contributed by atoms with Crippen molar-refractivity contribution < 1.29 is 9.47 Å². The third-order valence-electron chi connectivity index (χ3n) is 4.99. The second kappa shape index (κ2) is 8.02. The molecule has 2 aromatic heterocycles. The summed E-state index contributed by atoms with van der Waals surface area (Å²) in [4.78, 5) is 15.2. The van der Waals surface area contributed by atoms with Crippen LogP contribution in [0.25, 0.3) is 16.8 Å². The van der Waals surface area contributed by atoms with Crippen LogP contribution < -0.4 is 20.3 Å². The largest absolute Gasteiger partial charge is 0.493 e. The Balaban J connectivity index is 0.00000210. The number of aromatic amines is 1. The van der Waals surface area contributed by atoms with Crippen LogP contribution in [0, 0.1) is 0 Å². The number of hydrogen-bond donors (Lipinski definition) is 2. The number of rotatable bonds is 4. The molecule has 4 rings (SSSR count). The summed E-state index contributed by atoms with van der Waals surface area (Å²) in [5.74, 6) is 1.64. The molecule has 0 amide bonds. The van der Waals surface area contributed by atoms with E-state index in [4.69, 9.17) is 9.47 Å². The molecule has 27 heavy (non-hydrogen) atoms. The molecule has 1 aliphatic rings. The molecule has 144 valence electrons. The van der Waals surface area contributed by atoms with Gasteiger partial charge < -0.3 is 19.8 Å². The molecule has 1 fully saturated rings. The second-order valence-corrected chi connectivity index (χ2v) is 6.47. The number of nitrogens with one attached hydrogen (secondary N) is 2. The molecule has 7 nitrogen and oxygen atoms in total. The number of piperidine rings is 1. The lowest BCUT2D eigenvalue weighted by Gasteiger charge is -2.23. The number of fused-ring (bicyclic) bond motifs is 1. The molecule has 0 bridgehead atoms. The van der Waals surface area contributed by atoms with E-state index in [9.17, 15) is 4.79 Å². The summed E-state index contributed by atoms with van der Waals surface area (Å²) in [7, 11) is 3.21. The van der Waals surface area contributed by atoms with Crippen molar-refractivity contribution in [2.24, 2.45) is 0 Å². The molecule has 2 N–H and O–H groups in total. The normalized spacial score (nSPS) is 14.7. The number of benzene rings is 1. The van der Waals surface area contributed by atoms with Crippen LogP contribution >= 0.6 is 12.4 Å². The molecular formula is C19H23ClN4O3. The molecule has 1 saturated heterocycles. The summed E-state index contributed by atoms with van der Waals surface area (Å²) in [5.41, 5.74) is 3.35. The molecule has 0 aliphatic carbocycles. The first-order valence-electron chi connectivity index (χ1n) is 8.75. The topological polar surface area (TPSA) is 80.7 Å². The molecular weight excluding hydrogens is 368 g/mol. The second-order valence-electron chi connectivity index (χ2n) is 6.47. The van der Waals surface area contributed by atoms with Gasteiger partial charge in [0.25, 0.3) is 5.56 Å². The Bertz CT molecular complexity index is 992. The van der Waals surface area contributed by atoms with E-state index in [1.807, 2.05) is 22.7 Å². The number of ether oxygens (including phenoxy) is 2. The fraction of sp³-hybridized carbons (Fsp3) is 0.368. The molecule has 0 atom stereocenters. The molecule has 0 saturated carbocycles. The first kappa shape index (κ1) is 19.3. The zero-order chi connectivity index (χ0) is 18.1. The van der Waals surface area contributed by atoms with Crippen molar-refractivity contribution in [1.29, 1.82) is 0 Å². The van der Waals surface area contributed by atoms with E-state index in [-0.39, 0.29) is 18.0 Å². The van der Waals surface area contributed by atoms with Crippen molar-refractivity contribution in [3.05, 3.63) is 46.5 Å². The number of hydrogen-bond acceptors (Lipinski definition) is 5. The minimum Gasteiger partial charge on any atom is -0.493 e. The Labute approximate surface area is 163 Å². The Morgan fingerprint density at radius 3 is 2.56 bits per heavy atom. The highest BCUT2D eigenvalue weighted by molar-refractivity contribution is 5.85. The lowest BCUT2D eigenvalue weighted by atomic mass is 9.94. The van der Waals surface area contributed by atoms with Gasteiger partial charge in [-0.3, -0.25) is 4.79 Å². The highest BCUT2D eigenvalue weighted by atomic mass is 35.5. The van der Waals surface area contributed by atoms with Gasteiger partial charge in [-0.25, -0.2) is 4.52 Å². The fourth-order valence-electron chi connectivity index (χ4n) is 3.64. The van der Waals surface area contributed by atoms with Gasteiger partial charge in [0.05, 0.1) is 26.1 Å². The number of H-pyrrole nitrogens is 1. The van der Waals surface area contributed by atoms with Crippen molar-refractivity contribution in [2.75, 3.05) is 27.3 Å². The van der Waals surface area contributed by atoms with Gasteiger partial charge >= 0.3 is 0 Å². The van der Waals surface area contributed by atoms with Crippen molar-refractivity contribution in [2.45, 2.75) is 18.8 Å². The summed E-state index contributed by atoms with van der Waals surface area (Å²) in [6.45, 7) is 1.92. The average Bonchev–Trinajstić information content (AvgIpc) is 3.11.